The molecule has 2 aromatic rings. The van der Waals surface area contributed by atoms with Crippen molar-refractivity contribution in [2.45, 2.75) is 59.4 Å². The Balaban J connectivity index is 1.53. The van der Waals surface area contributed by atoms with Crippen LogP contribution in [-0.2, 0) is 30.4 Å². The number of ether oxygens (including phenoxy) is 2. The van der Waals surface area contributed by atoms with Crippen LogP contribution in [0.3, 0.4) is 0 Å². The van der Waals surface area contributed by atoms with Gasteiger partial charge in [-0.05, 0) is 31.9 Å². The highest BCUT2D eigenvalue weighted by atomic mass is 16.7. The number of rotatable bonds is 10. The predicted molar refractivity (Wildman–Crippen MR) is 118 cm³/mol. The van der Waals surface area contributed by atoms with Gasteiger partial charge in [-0.2, -0.15) is 0 Å². The summed E-state index contributed by atoms with van der Waals surface area (Å²) in [6, 6.07) is 7.33. The quantitative estimate of drug-likeness (QED) is 0.542. The molecule has 1 aliphatic heterocycles. The number of nitrogens with one attached hydrogen (secondary N) is 2. The van der Waals surface area contributed by atoms with E-state index in [1.165, 1.54) is 0 Å². The van der Waals surface area contributed by atoms with Gasteiger partial charge in [-0.1, -0.05) is 26.0 Å². The topological polar surface area (TPSA) is 112 Å². The van der Waals surface area contributed by atoms with Crippen LogP contribution in [0, 0.1) is 18.8 Å². The lowest BCUT2D eigenvalue weighted by molar-refractivity contribution is -0.164. The van der Waals surface area contributed by atoms with Crippen molar-refractivity contribution in [1.82, 2.24) is 20.2 Å². The van der Waals surface area contributed by atoms with E-state index in [1.54, 1.807) is 6.92 Å². The highest BCUT2D eigenvalue weighted by Gasteiger charge is 2.38. The molecule has 0 aliphatic carbocycles. The summed E-state index contributed by atoms with van der Waals surface area (Å²) < 4.78 is 12.6. The molecule has 9 heteroatoms. The lowest BCUT2D eigenvalue weighted by atomic mass is 9.91. The molecule has 1 saturated heterocycles. The number of cyclic esters (lactones) is 1. The Hall–Kier alpha value is -2.94. The molecule has 0 radical (unpaired) electrons. The molecule has 0 bridgehead atoms. The van der Waals surface area contributed by atoms with Gasteiger partial charge < -0.3 is 24.7 Å². The molecule has 3 rings (SSSR count). The zero-order valence-electron chi connectivity index (χ0n) is 19.1. The van der Waals surface area contributed by atoms with Crippen LogP contribution < -0.4 is 10.6 Å². The Bertz CT molecular complexity index is 970. The maximum absolute atomic E-state index is 12.9. The number of benzene rings is 1. The zero-order chi connectivity index (χ0) is 23.3. The largest absolute Gasteiger partial charge is 0.433 e. The van der Waals surface area contributed by atoms with Gasteiger partial charge in [0, 0.05) is 32.0 Å². The number of aryl methyl sites for hydroxylation is 1. The van der Waals surface area contributed by atoms with Crippen LogP contribution in [-0.4, -0.2) is 52.8 Å². The van der Waals surface area contributed by atoms with Crippen LogP contribution in [0.4, 0.5) is 0 Å². The molecule has 1 aromatic carbocycles. The smallest absolute Gasteiger partial charge is 0.310 e. The molecule has 1 unspecified atom stereocenters. The van der Waals surface area contributed by atoms with E-state index in [4.69, 9.17) is 9.47 Å². The first-order chi connectivity index (χ1) is 15.3. The molecular weight excluding hydrogens is 412 g/mol. The summed E-state index contributed by atoms with van der Waals surface area (Å²) in [5, 5.41) is 5.75. The summed E-state index contributed by atoms with van der Waals surface area (Å²) in [6.45, 7) is 8.92. The van der Waals surface area contributed by atoms with Crippen molar-refractivity contribution in [1.29, 1.82) is 0 Å². The average Bonchev–Trinajstić information content (AvgIpc) is 3.24. The molecule has 32 heavy (non-hydrogen) atoms. The summed E-state index contributed by atoms with van der Waals surface area (Å²) in [7, 11) is 0. The number of hydrogen-bond donors (Lipinski definition) is 2. The molecule has 2 heterocycles. The Morgan fingerprint density at radius 2 is 2.06 bits per heavy atom. The van der Waals surface area contributed by atoms with Crippen molar-refractivity contribution < 1.29 is 23.9 Å². The fraction of sp³-hybridized carbons (Fsp3) is 0.565. The van der Waals surface area contributed by atoms with Crippen molar-refractivity contribution in [3.8, 4) is 0 Å². The third-order valence-corrected chi connectivity index (χ3v) is 5.67. The number of esters is 1. The fourth-order valence-corrected chi connectivity index (χ4v) is 3.95. The van der Waals surface area contributed by atoms with Crippen molar-refractivity contribution in [3.05, 3.63) is 30.1 Å². The second-order valence-corrected chi connectivity index (χ2v) is 8.34. The molecule has 1 aromatic heterocycles. The number of amides is 2. The van der Waals surface area contributed by atoms with Crippen LogP contribution in [0.25, 0.3) is 11.0 Å². The van der Waals surface area contributed by atoms with Crippen LogP contribution in [0.2, 0.25) is 0 Å². The zero-order valence-corrected chi connectivity index (χ0v) is 19.1. The SMILES string of the molecule is CCOC1OC(=O)C[C@@H]1NC(=O)[C@@H](CC(=O)NCCn1c(C)nc2ccccc21)C(C)C. The monoisotopic (exact) mass is 444 g/mol. The number of imidazole rings is 1. The summed E-state index contributed by atoms with van der Waals surface area (Å²) in [5.41, 5.74) is 1.95. The number of carbonyl (C=O) groups excluding carboxylic acids is 3. The molecule has 1 fully saturated rings. The highest BCUT2D eigenvalue weighted by Crippen LogP contribution is 2.20. The van der Waals surface area contributed by atoms with Crippen molar-refractivity contribution >= 4 is 28.8 Å². The molecule has 174 valence electrons. The van der Waals surface area contributed by atoms with E-state index < -0.39 is 24.2 Å². The number of nitrogens with zero attached hydrogens (tertiary/aromatic N) is 2. The Morgan fingerprint density at radius 3 is 2.78 bits per heavy atom. The maximum atomic E-state index is 12.9. The number of aromatic nitrogens is 2. The van der Waals surface area contributed by atoms with E-state index >= 15 is 0 Å². The van der Waals surface area contributed by atoms with Gasteiger partial charge in [-0.25, -0.2) is 4.98 Å². The Labute approximate surface area is 187 Å². The van der Waals surface area contributed by atoms with Crippen LogP contribution in [0.1, 0.15) is 39.4 Å². The van der Waals surface area contributed by atoms with Crippen LogP contribution in [0.5, 0.6) is 0 Å². The summed E-state index contributed by atoms with van der Waals surface area (Å²) in [6.07, 6.45) is -0.661. The minimum Gasteiger partial charge on any atom is -0.433 e. The molecule has 0 saturated carbocycles. The molecular formula is C23H32N4O5. The second kappa shape index (κ2) is 10.6. The third-order valence-electron chi connectivity index (χ3n) is 5.67. The maximum Gasteiger partial charge on any atom is 0.310 e. The number of hydrogen-bond acceptors (Lipinski definition) is 6. The fourth-order valence-electron chi connectivity index (χ4n) is 3.95. The summed E-state index contributed by atoms with van der Waals surface area (Å²) in [4.78, 5) is 41.6. The minimum atomic E-state index is -0.786. The normalized spacial score (nSPS) is 19.2. The lowest BCUT2D eigenvalue weighted by Gasteiger charge is -2.24. The van der Waals surface area contributed by atoms with Crippen LogP contribution in [0.15, 0.2) is 24.3 Å². The summed E-state index contributed by atoms with van der Waals surface area (Å²) >= 11 is 0. The van der Waals surface area contributed by atoms with E-state index in [1.807, 2.05) is 45.0 Å². The van der Waals surface area contributed by atoms with Crippen molar-refractivity contribution in [3.63, 3.8) is 0 Å². The summed E-state index contributed by atoms with van der Waals surface area (Å²) in [5.74, 6) is -0.569. The van der Waals surface area contributed by atoms with Crippen molar-refractivity contribution in [2.75, 3.05) is 13.2 Å². The minimum absolute atomic E-state index is 0.0517. The van der Waals surface area contributed by atoms with Gasteiger partial charge in [0.15, 0.2) is 0 Å². The molecule has 1 aliphatic rings. The average molecular weight is 445 g/mol. The first-order valence-electron chi connectivity index (χ1n) is 11.1. The van der Waals surface area contributed by atoms with Crippen molar-refractivity contribution in [2.24, 2.45) is 11.8 Å². The lowest BCUT2D eigenvalue weighted by Crippen LogP contribution is -2.46. The molecule has 2 amide bonds. The van der Waals surface area contributed by atoms with E-state index in [9.17, 15) is 14.4 Å². The van der Waals surface area contributed by atoms with Gasteiger partial charge in [0.05, 0.1) is 17.5 Å². The predicted octanol–water partition coefficient (Wildman–Crippen LogP) is 1.92. The van der Waals surface area contributed by atoms with Gasteiger partial charge in [-0.3, -0.25) is 14.4 Å². The van der Waals surface area contributed by atoms with Gasteiger partial charge >= 0.3 is 5.97 Å². The van der Waals surface area contributed by atoms with Gasteiger partial charge in [0.1, 0.15) is 11.9 Å². The van der Waals surface area contributed by atoms with E-state index in [2.05, 4.69) is 20.2 Å². The molecule has 2 N–H and O–H groups in total. The second-order valence-electron chi connectivity index (χ2n) is 8.34. The van der Waals surface area contributed by atoms with E-state index in [0.29, 0.717) is 19.7 Å². The molecule has 9 nitrogen and oxygen atoms in total. The van der Waals surface area contributed by atoms with Gasteiger partial charge in [0.2, 0.25) is 18.1 Å². The third kappa shape index (κ3) is 5.64. The molecule has 3 atom stereocenters. The van der Waals surface area contributed by atoms with Crippen LogP contribution >= 0.6 is 0 Å². The standard InChI is InChI=1S/C23H32N4O5/c1-5-31-23-18(13-21(29)32-23)26-22(30)16(14(2)3)12-20(28)24-10-11-27-15(4)25-17-8-6-7-9-19(17)27/h6-9,14,16,18,23H,5,10-13H2,1-4H3,(H,24,28)(H,26,30)/t16-,18-,23?/m0/s1. The first kappa shape index (κ1) is 23.7. The van der Waals surface area contributed by atoms with Gasteiger partial charge in [-0.15, -0.1) is 0 Å². The molecule has 0 spiro atoms. The highest BCUT2D eigenvalue weighted by molar-refractivity contribution is 5.86. The Kier molecular flexibility index (Phi) is 7.84. The van der Waals surface area contributed by atoms with E-state index in [-0.39, 0.29) is 30.6 Å². The Morgan fingerprint density at radius 1 is 1.31 bits per heavy atom. The van der Waals surface area contributed by atoms with E-state index in [0.717, 1.165) is 16.9 Å². The number of para-hydroxylation sites is 2. The number of fused-ring (bicyclic) bond motifs is 1. The number of carbonyl (C=O) groups is 3. The van der Waals surface area contributed by atoms with Gasteiger partial charge in [0.25, 0.3) is 0 Å². The first-order valence-corrected chi connectivity index (χ1v) is 11.1.